The van der Waals surface area contributed by atoms with Gasteiger partial charge in [0.1, 0.15) is 5.00 Å². The molecule has 0 atom stereocenters. The van der Waals surface area contributed by atoms with Crippen LogP contribution < -0.4 is 10.6 Å². The fourth-order valence-electron chi connectivity index (χ4n) is 3.50. The van der Waals surface area contributed by atoms with Gasteiger partial charge in [-0.1, -0.05) is 25.7 Å². The summed E-state index contributed by atoms with van der Waals surface area (Å²) in [4.78, 5) is 28.5. The molecule has 4 rings (SSSR count). The van der Waals surface area contributed by atoms with Gasteiger partial charge in [-0.15, -0.1) is 11.3 Å². The second-order valence-electron chi connectivity index (χ2n) is 6.65. The van der Waals surface area contributed by atoms with Gasteiger partial charge >= 0.3 is 0 Å². The van der Waals surface area contributed by atoms with E-state index >= 15 is 0 Å². The molecular formula is C19H21N3O2S. The van der Waals surface area contributed by atoms with E-state index in [0.29, 0.717) is 10.5 Å². The van der Waals surface area contributed by atoms with Crippen LogP contribution in [0.4, 0.5) is 5.00 Å². The zero-order valence-corrected chi connectivity index (χ0v) is 14.7. The maximum absolute atomic E-state index is 12.6. The summed E-state index contributed by atoms with van der Waals surface area (Å²) in [5.74, 6) is -0.147. The normalized spacial score (nSPS) is 19.5. The van der Waals surface area contributed by atoms with Gasteiger partial charge in [0.15, 0.2) is 0 Å². The summed E-state index contributed by atoms with van der Waals surface area (Å²) in [6.07, 6.45) is 10.7. The average molecular weight is 355 g/mol. The first-order chi connectivity index (χ1) is 12.2. The van der Waals surface area contributed by atoms with Crippen LogP contribution >= 0.6 is 11.3 Å². The molecule has 5 nitrogen and oxygen atoms in total. The summed E-state index contributed by atoms with van der Waals surface area (Å²) in [7, 11) is 0. The Morgan fingerprint density at radius 3 is 2.76 bits per heavy atom. The van der Waals surface area contributed by atoms with Crippen molar-refractivity contribution in [2.45, 2.75) is 44.6 Å². The fraction of sp³-hybridized carbons (Fsp3) is 0.368. The highest BCUT2D eigenvalue weighted by molar-refractivity contribution is 7.18. The Labute approximate surface area is 150 Å². The Hall–Kier alpha value is -2.34. The van der Waals surface area contributed by atoms with Crippen LogP contribution in [0.1, 0.15) is 59.5 Å². The minimum Gasteiger partial charge on any atom is -0.362 e. The van der Waals surface area contributed by atoms with Crippen molar-refractivity contribution in [2.75, 3.05) is 5.32 Å². The first kappa shape index (κ1) is 16.1. The summed E-state index contributed by atoms with van der Waals surface area (Å²) in [5, 5.41) is 6.79. The van der Waals surface area contributed by atoms with Gasteiger partial charge in [0, 0.05) is 23.5 Å². The van der Waals surface area contributed by atoms with E-state index in [4.69, 9.17) is 0 Å². The molecular weight excluding hydrogens is 334 g/mol. The minimum absolute atomic E-state index is 0.0280. The highest BCUT2D eigenvalue weighted by Gasteiger charge is 2.29. The Bertz CT molecular complexity index is 812. The van der Waals surface area contributed by atoms with Gasteiger partial charge in [0.2, 0.25) is 0 Å². The molecule has 3 heterocycles. The van der Waals surface area contributed by atoms with Crippen LogP contribution in [0, 0.1) is 0 Å². The molecule has 130 valence electrons. The molecule has 2 aromatic heterocycles. The number of rotatable bonds is 3. The van der Waals surface area contributed by atoms with Crippen LogP contribution in [-0.2, 0) is 4.79 Å². The lowest BCUT2D eigenvalue weighted by Gasteiger charge is -2.15. The number of hydrogen-bond acceptors (Lipinski definition) is 3. The van der Waals surface area contributed by atoms with Crippen LogP contribution in [0.5, 0.6) is 0 Å². The SMILES string of the molecule is O=C1Nc2sc(C(=O)NC3CCCCCC3)cc2C1=Cc1ccc[nH]1. The zero-order chi connectivity index (χ0) is 17.2. The lowest BCUT2D eigenvalue weighted by molar-refractivity contribution is -0.110. The third-order valence-electron chi connectivity index (χ3n) is 4.83. The smallest absolute Gasteiger partial charge is 0.261 e. The average Bonchev–Trinajstić information content (AvgIpc) is 3.25. The quantitative estimate of drug-likeness (QED) is 0.575. The van der Waals surface area contributed by atoms with Gasteiger partial charge in [-0.2, -0.15) is 0 Å². The number of carbonyl (C=O) groups is 2. The van der Waals surface area contributed by atoms with E-state index in [-0.39, 0.29) is 17.9 Å². The topological polar surface area (TPSA) is 74.0 Å². The second kappa shape index (κ2) is 6.88. The number of anilines is 1. The molecule has 6 heteroatoms. The van der Waals surface area contributed by atoms with E-state index in [1.54, 1.807) is 0 Å². The van der Waals surface area contributed by atoms with Crippen molar-refractivity contribution in [1.82, 2.24) is 10.3 Å². The number of nitrogens with one attached hydrogen (secondary N) is 3. The third kappa shape index (κ3) is 3.39. The largest absolute Gasteiger partial charge is 0.362 e. The van der Waals surface area contributed by atoms with Crippen molar-refractivity contribution in [3.8, 4) is 0 Å². The predicted molar refractivity (Wildman–Crippen MR) is 101 cm³/mol. The zero-order valence-electron chi connectivity index (χ0n) is 13.9. The number of hydrogen-bond donors (Lipinski definition) is 3. The van der Waals surface area contributed by atoms with Gasteiger partial charge in [0.05, 0.1) is 10.5 Å². The summed E-state index contributed by atoms with van der Waals surface area (Å²) >= 11 is 1.35. The number of carbonyl (C=O) groups excluding carboxylic acids is 2. The highest BCUT2D eigenvalue weighted by atomic mass is 32.1. The van der Waals surface area contributed by atoms with E-state index in [1.807, 2.05) is 30.5 Å². The maximum atomic E-state index is 12.6. The molecule has 0 aromatic carbocycles. The Morgan fingerprint density at radius 1 is 1.24 bits per heavy atom. The molecule has 2 aliphatic rings. The van der Waals surface area contributed by atoms with Crippen molar-refractivity contribution < 1.29 is 9.59 Å². The van der Waals surface area contributed by atoms with Crippen molar-refractivity contribution in [1.29, 1.82) is 0 Å². The molecule has 0 radical (unpaired) electrons. The molecule has 1 aliphatic carbocycles. The standard InChI is InChI=1S/C19H21N3O2S/c23-17-14(10-13-8-5-9-20-13)15-11-16(25-19(15)22-17)18(24)21-12-6-3-1-2-4-7-12/h5,8-12,20H,1-4,6-7H2,(H,21,24)(H,22,23). The monoisotopic (exact) mass is 355 g/mol. The van der Waals surface area contributed by atoms with Crippen LogP contribution in [0.2, 0.25) is 0 Å². The van der Waals surface area contributed by atoms with Crippen molar-refractivity contribution >= 4 is 39.8 Å². The fourth-order valence-corrected chi connectivity index (χ4v) is 4.47. The molecule has 2 aromatic rings. The molecule has 0 bridgehead atoms. The van der Waals surface area contributed by atoms with Gasteiger partial charge in [-0.05, 0) is 37.1 Å². The number of aromatic amines is 1. The highest BCUT2D eigenvalue weighted by Crippen LogP contribution is 2.39. The van der Waals surface area contributed by atoms with Crippen LogP contribution in [-0.4, -0.2) is 22.8 Å². The number of aromatic nitrogens is 1. The summed E-state index contributed by atoms with van der Waals surface area (Å²) in [6.45, 7) is 0. The van der Waals surface area contributed by atoms with E-state index in [9.17, 15) is 9.59 Å². The van der Waals surface area contributed by atoms with Gasteiger partial charge < -0.3 is 15.6 Å². The molecule has 0 unspecified atom stereocenters. The molecule has 25 heavy (non-hydrogen) atoms. The molecule has 1 saturated carbocycles. The lowest BCUT2D eigenvalue weighted by atomic mass is 10.1. The van der Waals surface area contributed by atoms with E-state index in [2.05, 4.69) is 15.6 Å². The van der Waals surface area contributed by atoms with E-state index in [1.165, 1.54) is 37.0 Å². The third-order valence-corrected chi connectivity index (χ3v) is 5.88. The molecule has 1 fully saturated rings. The van der Waals surface area contributed by atoms with Gasteiger partial charge in [-0.3, -0.25) is 9.59 Å². The van der Waals surface area contributed by atoms with Crippen molar-refractivity contribution in [3.63, 3.8) is 0 Å². The minimum atomic E-state index is -0.119. The van der Waals surface area contributed by atoms with Crippen LogP contribution in [0.25, 0.3) is 11.6 Å². The van der Waals surface area contributed by atoms with Crippen LogP contribution in [0.15, 0.2) is 24.4 Å². The second-order valence-corrected chi connectivity index (χ2v) is 7.71. The first-order valence-electron chi connectivity index (χ1n) is 8.82. The van der Waals surface area contributed by atoms with E-state index in [0.717, 1.165) is 29.1 Å². The van der Waals surface area contributed by atoms with E-state index < -0.39 is 0 Å². The lowest BCUT2D eigenvalue weighted by Crippen LogP contribution is -2.33. The number of fused-ring (bicyclic) bond motifs is 1. The molecule has 0 spiro atoms. The molecule has 0 saturated heterocycles. The molecule has 1 aliphatic heterocycles. The number of amides is 2. The Kier molecular flexibility index (Phi) is 4.44. The number of H-pyrrole nitrogens is 1. The summed E-state index contributed by atoms with van der Waals surface area (Å²) in [5.41, 5.74) is 2.28. The summed E-state index contributed by atoms with van der Waals surface area (Å²) in [6, 6.07) is 5.90. The van der Waals surface area contributed by atoms with Crippen LogP contribution in [0.3, 0.4) is 0 Å². The number of thiophene rings is 1. The van der Waals surface area contributed by atoms with Crippen molar-refractivity contribution in [3.05, 3.63) is 40.5 Å². The first-order valence-corrected chi connectivity index (χ1v) is 9.64. The van der Waals surface area contributed by atoms with Gasteiger partial charge in [-0.25, -0.2) is 0 Å². The molecule has 3 N–H and O–H groups in total. The van der Waals surface area contributed by atoms with Crippen molar-refractivity contribution in [2.24, 2.45) is 0 Å². The molecule has 2 amide bonds. The summed E-state index contributed by atoms with van der Waals surface area (Å²) < 4.78 is 0. The Balaban J connectivity index is 1.53. The maximum Gasteiger partial charge on any atom is 0.261 e. The predicted octanol–water partition coefficient (Wildman–Crippen LogP) is 4.02. The van der Waals surface area contributed by atoms with Gasteiger partial charge in [0.25, 0.3) is 11.8 Å². The Morgan fingerprint density at radius 2 is 2.04 bits per heavy atom.